The van der Waals surface area contributed by atoms with Crippen LogP contribution in [0.1, 0.15) is 22.2 Å². The zero-order chi connectivity index (χ0) is 16.3. The second-order valence-electron chi connectivity index (χ2n) is 5.50. The molecule has 0 radical (unpaired) electrons. The highest BCUT2D eigenvalue weighted by molar-refractivity contribution is 7.12. The standard InChI is InChI=1S/C18H17NO2S2/c1-18(21,14-7-9-22-11-14)12-19-17(20)16-15(8-10-23-16)13-5-3-2-4-6-13/h2-11,21H,12H2,1H3,(H,19,20). The Morgan fingerprint density at radius 1 is 1.17 bits per heavy atom. The molecule has 0 fully saturated rings. The predicted octanol–water partition coefficient (Wildman–Crippen LogP) is 4.11. The molecule has 3 rings (SSSR count). The van der Waals surface area contributed by atoms with Crippen LogP contribution in [0.2, 0.25) is 0 Å². The topological polar surface area (TPSA) is 49.3 Å². The molecule has 118 valence electrons. The lowest BCUT2D eigenvalue weighted by atomic mass is 9.99. The summed E-state index contributed by atoms with van der Waals surface area (Å²) >= 11 is 2.94. The van der Waals surface area contributed by atoms with Gasteiger partial charge in [-0.1, -0.05) is 30.3 Å². The quantitative estimate of drug-likeness (QED) is 0.732. The Bertz CT molecular complexity index is 776. The highest BCUT2D eigenvalue weighted by atomic mass is 32.1. The number of rotatable bonds is 5. The molecule has 1 aromatic carbocycles. The fourth-order valence-corrected chi connectivity index (χ4v) is 3.95. The normalized spacial score (nSPS) is 13.5. The highest BCUT2D eigenvalue weighted by Crippen LogP contribution is 2.28. The van der Waals surface area contributed by atoms with Crippen LogP contribution in [0, 0.1) is 0 Å². The van der Waals surface area contributed by atoms with E-state index in [4.69, 9.17) is 0 Å². The van der Waals surface area contributed by atoms with E-state index in [0.717, 1.165) is 16.7 Å². The molecule has 0 aliphatic heterocycles. The van der Waals surface area contributed by atoms with E-state index in [1.165, 1.54) is 22.7 Å². The summed E-state index contributed by atoms with van der Waals surface area (Å²) in [6.45, 7) is 1.89. The number of hydrogen-bond donors (Lipinski definition) is 2. The van der Waals surface area contributed by atoms with Gasteiger partial charge in [-0.3, -0.25) is 4.79 Å². The predicted molar refractivity (Wildman–Crippen MR) is 96.0 cm³/mol. The van der Waals surface area contributed by atoms with Gasteiger partial charge in [-0.2, -0.15) is 11.3 Å². The molecule has 1 unspecified atom stereocenters. The smallest absolute Gasteiger partial charge is 0.262 e. The summed E-state index contributed by atoms with van der Waals surface area (Å²) in [6, 6.07) is 13.7. The van der Waals surface area contributed by atoms with Crippen LogP contribution in [0.3, 0.4) is 0 Å². The molecule has 0 spiro atoms. The van der Waals surface area contributed by atoms with E-state index in [0.29, 0.717) is 4.88 Å². The van der Waals surface area contributed by atoms with Crippen molar-refractivity contribution < 1.29 is 9.90 Å². The van der Waals surface area contributed by atoms with Crippen molar-refractivity contribution in [3.05, 3.63) is 69.0 Å². The zero-order valence-electron chi connectivity index (χ0n) is 12.7. The zero-order valence-corrected chi connectivity index (χ0v) is 14.3. The van der Waals surface area contributed by atoms with Crippen LogP contribution < -0.4 is 5.32 Å². The number of amides is 1. The maximum absolute atomic E-state index is 12.5. The van der Waals surface area contributed by atoms with Crippen LogP contribution in [0.15, 0.2) is 58.6 Å². The molecule has 0 saturated heterocycles. The number of thiophene rings is 2. The van der Waals surface area contributed by atoms with Gasteiger partial charge in [-0.15, -0.1) is 11.3 Å². The Kier molecular flexibility index (Phi) is 4.61. The fraction of sp³-hybridized carbons (Fsp3) is 0.167. The summed E-state index contributed by atoms with van der Waals surface area (Å²) in [6.07, 6.45) is 0. The number of nitrogens with one attached hydrogen (secondary N) is 1. The minimum Gasteiger partial charge on any atom is -0.384 e. The molecule has 1 atom stereocenters. The Balaban J connectivity index is 1.74. The number of carbonyl (C=O) groups is 1. The average Bonchev–Trinajstić information content (AvgIpc) is 3.25. The number of carbonyl (C=O) groups excluding carboxylic acids is 1. The molecule has 0 saturated carbocycles. The van der Waals surface area contributed by atoms with Crippen LogP contribution in [0.4, 0.5) is 0 Å². The van der Waals surface area contributed by atoms with Gasteiger partial charge in [0.1, 0.15) is 5.60 Å². The van der Waals surface area contributed by atoms with Gasteiger partial charge in [0.15, 0.2) is 0 Å². The van der Waals surface area contributed by atoms with Gasteiger partial charge >= 0.3 is 0 Å². The van der Waals surface area contributed by atoms with Gasteiger partial charge < -0.3 is 10.4 Å². The average molecular weight is 343 g/mol. The van der Waals surface area contributed by atoms with Crippen molar-refractivity contribution in [3.8, 4) is 11.1 Å². The highest BCUT2D eigenvalue weighted by Gasteiger charge is 2.25. The first-order valence-corrected chi connectivity index (χ1v) is 9.06. The number of benzene rings is 1. The van der Waals surface area contributed by atoms with E-state index in [-0.39, 0.29) is 12.5 Å². The van der Waals surface area contributed by atoms with Crippen molar-refractivity contribution in [1.29, 1.82) is 0 Å². The second kappa shape index (κ2) is 6.66. The Morgan fingerprint density at radius 2 is 1.96 bits per heavy atom. The number of hydrogen-bond acceptors (Lipinski definition) is 4. The molecule has 0 aliphatic carbocycles. The summed E-state index contributed by atoms with van der Waals surface area (Å²) in [5.74, 6) is -0.158. The van der Waals surface area contributed by atoms with Gasteiger partial charge in [0.05, 0.1) is 11.4 Å². The molecule has 3 aromatic rings. The first-order chi connectivity index (χ1) is 11.1. The van der Waals surface area contributed by atoms with Crippen molar-refractivity contribution in [3.63, 3.8) is 0 Å². The molecule has 1 amide bonds. The molecule has 2 N–H and O–H groups in total. The third-order valence-electron chi connectivity index (χ3n) is 3.69. The SMILES string of the molecule is CC(O)(CNC(=O)c1sccc1-c1ccccc1)c1ccsc1. The van der Waals surface area contributed by atoms with E-state index in [2.05, 4.69) is 5.32 Å². The van der Waals surface area contributed by atoms with Crippen LogP contribution in [0.5, 0.6) is 0 Å². The summed E-state index contributed by atoms with van der Waals surface area (Å²) in [7, 11) is 0. The molecule has 2 aromatic heterocycles. The largest absolute Gasteiger partial charge is 0.384 e. The van der Waals surface area contributed by atoms with Crippen LogP contribution in [-0.2, 0) is 5.60 Å². The van der Waals surface area contributed by atoms with E-state index in [1.807, 2.05) is 58.6 Å². The van der Waals surface area contributed by atoms with Crippen LogP contribution >= 0.6 is 22.7 Å². The Hall–Kier alpha value is -1.95. The van der Waals surface area contributed by atoms with Crippen molar-refractivity contribution in [1.82, 2.24) is 5.32 Å². The third kappa shape index (κ3) is 3.52. The van der Waals surface area contributed by atoms with Crippen LogP contribution in [0.25, 0.3) is 11.1 Å². The summed E-state index contributed by atoms with van der Waals surface area (Å²) in [5, 5.41) is 19.1. The molecular formula is C18H17NO2S2. The maximum Gasteiger partial charge on any atom is 0.262 e. The monoisotopic (exact) mass is 343 g/mol. The lowest BCUT2D eigenvalue weighted by Crippen LogP contribution is -2.38. The minimum absolute atomic E-state index is 0.158. The lowest BCUT2D eigenvalue weighted by molar-refractivity contribution is 0.0531. The second-order valence-corrected chi connectivity index (χ2v) is 7.19. The third-order valence-corrected chi connectivity index (χ3v) is 5.29. The van der Waals surface area contributed by atoms with Crippen molar-refractivity contribution >= 4 is 28.6 Å². The molecule has 0 aliphatic rings. The van der Waals surface area contributed by atoms with Gasteiger partial charge in [0.2, 0.25) is 0 Å². The van der Waals surface area contributed by atoms with Crippen molar-refractivity contribution in [2.45, 2.75) is 12.5 Å². The maximum atomic E-state index is 12.5. The summed E-state index contributed by atoms with van der Waals surface area (Å²) in [5.41, 5.74) is 1.68. The van der Waals surface area contributed by atoms with Gasteiger partial charge in [0.25, 0.3) is 5.91 Å². The first-order valence-electron chi connectivity index (χ1n) is 7.24. The van der Waals surface area contributed by atoms with Gasteiger partial charge in [0, 0.05) is 5.56 Å². The molecule has 2 heterocycles. The van der Waals surface area contributed by atoms with E-state index in [1.54, 1.807) is 6.92 Å². The molecule has 0 bridgehead atoms. The summed E-state index contributed by atoms with van der Waals surface area (Å²) in [4.78, 5) is 13.2. The summed E-state index contributed by atoms with van der Waals surface area (Å²) < 4.78 is 0. The van der Waals surface area contributed by atoms with Gasteiger partial charge in [-0.05, 0) is 46.3 Å². The molecule has 3 nitrogen and oxygen atoms in total. The fourth-order valence-electron chi connectivity index (χ4n) is 2.34. The molecular weight excluding hydrogens is 326 g/mol. The lowest BCUT2D eigenvalue weighted by Gasteiger charge is -2.22. The first kappa shape index (κ1) is 15.9. The van der Waals surface area contributed by atoms with E-state index < -0.39 is 5.60 Å². The number of aliphatic hydroxyl groups is 1. The van der Waals surface area contributed by atoms with E-state index >= 15 is 0 Å². The Labute approximate surface area is 143 Å². The minimum atomic E-state index is -1.07. The molecule has 23 heavy (non-hydrogen) atoms. The van der Waals surface area contributed by atoms with E-state index in [9.17, 15) is 9.90 Å². The van der Waals surface area contributed by atoms with Crippen LogP contribution in [-0.4, -0.2) is 17.6 Å². The van der Waals surface area contributed by atoms with Crippen molar-refractivity contribution in [2.75, 3.05) is 6.54 Å². The Morgan fingerprint density at radius 3 is 2.65 bits per heavy atom. The molecule has 5 heteroatoms. The van der Waals surface area contributed by atoms with Gasteiger partial charge in [-0.25, -0.2) is 0 Å². The van der Waals surface area contributed by atoms with Crippen molar-refractivity contribution in [2.24, 2.45) is 0 Å².